The Bertz CT molecular complexity index is 902. The van der Waals surface area contributed by atoms with Crippen molar-refractivity contribution in [2.75, 3.05) is 19.8 Å². The number of amides is 1. The predicted octanol–water partition coefficient (Wildman–Crippen LogP) is 2.55. The van der Waals surface area contributed by atoms with Crippen molar-refractivity contribution in [1.29, 1.82) is 0 Å². The van der Waals surface area contributed by atoms with E-state index in [0.29, 0.717) is 35.3 Å². The molecule has 1 amide bonds. The molecule has 10 heteroatoms. The first kappa shape index (κ1) is 18.5. The number of nitrogens with zero attached hydrogens (tertiary/aromatic N) is 2. The zero-order chi connectivity index (χ0) is 19.2. The normalized spacial score (nSPS) is 12.6. The average Bonchev–Trinajstić information content (AvgIpc) is 2.66. The summed E-state index contributed by atoms with van der Waals surface area (Å²) in [6.45, 7) is 0.420. The third-order valence-corrected chi connectivity index (χ3v) is 3.72. The van der Waals surface area contributed by atoms with Gasteiger partial charge in [-0.1, -0.05) is 23.7 Å². The summed E-state index contributed by atoms with van der Waals surface area (Å²) in [5.41, 5.74) is 2.65. The topological polar surface area (TPSA) is 112 Å². The van der Waals surface area contributed by atoms with Crippen molar-refractivity contribution in [3.63, 3.8) is 0 Å². The standard InChI is InChI=1S/C17H14ClN3O6/c18-12-7-11(8-15-17(12)26-6-5-25-15)9-19-20-16(22)10-27-14-4-2-1-3-13(14)21(23)24/h1-4,7-9H,5-6,10H2,(H,20,22)/b19-9-. The summed E-state index contributed by atoms with van der Waals surface area (Å²) >= 11 is 6.12. The molecule has 2 aromatic rings. The number of nitro benzene ring substituents is 1. The van der Waals surface area contributed by atoms with E-state index in [9.17, 15) is 14.9 Å². The minimum absolute atomic E-state index is 0.000229. The first-order chi connectivity index (χ1) is 13.0. The quantitative estimate of drug-likeness (QED) is 0.460. The summed E-state index contributed by atoms with van der Waals surface area (Å²) in [4.78, 5) is 22.1. The van der Waals surface area contributed by atoms with Gasteiger partial charge in [-0.15, -0.1) is 0 Å². The number of ether oxygens (including phenoxy) is 3. The van der Waals surface area contributed by atoms with Gasteiger partial charge in [-0.05, 0) is 23.8 Å². The SMILES string of the molecule is O=C(COc1ccccc1[N+](=O)[O-])N/N=C\c1cc(Cl)c2c(c1)OCCO2. The molecule has 27 heavy (non-hydrogen) atoms. The number of hydrazone groups is 1. The van der Waals surface area contributed by atoms with E-state index in [1.54, 1.807) is 18.2 Å². The number of hydrogen-bond donors (Lipinski definition) is 1. The fourth-order valence-corrected chi connectivity index (χ4v) is 2.56. The molecule has 0 aliphatic carbocycles. The lowest BCUT2D eigenvalue weighted by Crippen LogP contribution is -2.24. The van der Waals surface area contributed by atoms with Crippen LogP contribution in [0.15, 0.2) is 41.5 Å². The fraction of sp³-hybridized carbons (Fsp3) is 0.176. The van der Waals surface area contributed by atoms with Gasteiger partial charge in [-0.25, -0.2) is 5.43 Å². The molecule has 0 saturated carbocycles. The largest absolute Gasteiger partial charge is 0.486 e. The molecule has 0 atom stereocenters. The molecule has 0 spiro atoms. The number of benzene rings is 2. The Morgan fingerprint density at radius 1 is 1.33 bits per heavy atom. The second-order valence-electron chi connectivity index (χ2n) is 5.33. The van der Waals surface area contributed by atoms with Crippen LogP contribution in [0.1, 0.15) is 5.56 Å². The number of para-hydroxylation sites is 2. The monoisotopic (exact) mass is 391 g/mol. The number of nitro groups is 1. The molecule has 0 unspecified atom stereocenters. The van der Waals surface area contributed by atoms with Crippen LogP contribution in [0.3, 0.4) is 0 Å². The highest BCUT2D eigenvalue weighted by atomic mass is 35.5. The van der Waals surface area contributed by atoms with E-state index >= 15 is 0 Å². The Morgan fingerprint density at radius 2 is 2.11 bits per heavy atom. The van der Waals surface area contributed by atoms with E-state index in [4.69, 9.17) is 25.8 Å². The van der Waals surface area contributed by atoms with Crippen LogP contribution < -0.4 is 19.6 Å². The fourth-order valence-electron chi connectivity index (χ4n) is 2.29. The molecule has 0 saturated heterocycles. The Kier molecular flexibility index (Phi) is 5.72. The Balaban J connectivity index is 1.57. The summed E-state index contributed by atoms with van der Waals surface area (Å²) in [5.74, 6) is 0.400. The van der Waals surface area contributed by atoms with Crippen LogP contribution in [0.4, 0.5) is 5.69 Å². The lowest BCUT2D eigenvalue weighted by atomic mass is 10.2. The molecule has 0 radical (unpaired) electrons. The highest BCUT2D eigenvalue weighted by Crippen LogP contribution is 2.37. The van der Waals surface area contributed by atoms with E-state index in [0.717, 1.165) is 0 Å². The Labute approximate surface area is 158 Å². The van der Waals surface area contributed by atoms with Crippen molar-refractivity contribution in [2.45, 2.75) is 0 Å². The maximum absolute atomic E-state index is 11.8. The number of hydrogen-bond acceptors (Lipinski definition) is 7. The lowest BCUT2D eigenvalue weighted by Gasteiger charge is -2.19. The molecule has 0 fully saturated rings. The number of carbonyl (C=O) groups excluding carboxylic acids is 1. The molecular weight excluding hydrogens is 378 g/mol. The zero-order valence-corrected chi connectivity index (χ0v) is 14.6. The molecule has 1 N–H and O–H groups in total. The van der Waals surface area contributed by atoms with Crippen LogP contribution in [0, 0.1) is 10.1 Å². The molecule has 1 heterocycles. The van der Waals surface area contributed by atoms with Crippen molar-refractivity contribution in [3.8, 4) is 17.2 Å². The average molecular weight is 392 g/mol. The highest BCUT2D eigenvalue weighted by molar-refractivity contribution is 6.32. The van der Waals surface area contributed by atoms with Gasteiger partial charge >= 0.3 is 5.69 Å². The first-order valence-electron chi connectivity index (χ1n) is 7.82. The first-order valence-corrected chi connectivity index (χ1v) is 8.19. The van der Waals surface area contributed by atoms with Crippen LogP contribution >= 0.6 is 11.6 Å². The second-order valence-corrected chi connectivity index (χ2v) is 5.74. The van der Waals surface area contributed by atoms with Gasteiger partial charge in [-0.3, -0.25) is 14.9 Å². The van der Waals surface area contributed by atoms with Gasteiger partial charge in [0.25, 0.3) is 5.91 Å². The van der Waals surface area contributed by atoms with E-state index in [-0.39, 0.29) is 11.4 Å². The summed E-state index contributed by atoms with van der Waals surface area (Å²) < 4.78 is 16.0. The van der Waals surface area contributed by atoms with Crippen LogP contribution in [-0.4, -0.2) is 36.9 Å². The second kappa shape index (κ2) is 8.37. The number of halogens is 1. The Morgan fingerprint density at radius 3 is 2.93 bits per heavy atom. The van der Waals surface area contributed by atoms with Crippen molar-refractivity contribution in [1.82, 2.24) is 5.43 Å². The molecule has 0 bridgehead atoms. The van der Waals surface area contributed by atoms with E-state index in [1.165, 1.54) is 24.4 Å². The van der Waals surface area contributed by atoms with E-state index in [2.05, 4.69) is 10.5 Å². The molecule has 0 aromatic heterocycles. The van der Waals surface area contributed by atoms with Gasteiger partial charge in [0.1, 0.15) is 13.2 Å². The molecule has 140 valence electrons. The summed E-state index contributed by atoms with van der Waals surface area (Å²) in [6, 6.07) is 9.08. The van der Waals surface area contributed by atoms with Gasteiger partial charge < -0.3 is 14.2 Å². The van der Waals surface area contributed by atoms with Crippen LogP contribution in [0.2, 0.25) is 5.02 Å². The van der Waals surface area contributed by atoms with Gasteiger partial charge in [0, 0.05) is 6.07 Å². The smallest absolute Gasteiger partial charge is 0.310 e. The molecular formula is C17H14ClN3O6. The van der Waals surface area contributed by atoms with Gasteiger partial charge in [0.15, 0.2) is 23.9 Å². The van der Waals surface area contributed by atoms with Crippen molar-refractivity contribution in [3.05, 3.63) is 57.1 Å². The van der Waals surface area contributed by atoms with Gasteiger partial charge in [-0.2, -0.15) is 5.10 Å². The van der Waals surface area contributed by atoms with Crippen LogP contribution in [0.25, 0.3) is 0 Å². The van der Waals surface area contributed by atoms with Crippen LogP contribution in [0.5, 0.6) is 17.2 Å². The molecule has 2 aromatic carbocycles. The lowest BCUT2D eigenvalue weighted by molar-refractivity contribution is -0.385. The molecule has 1 aliphatic rings. The Hall–Kier alpha value is -3.33. The van der Waals surface area contributed by atoms with E-state index < -0.39 is 17.4 Å². The van der Waals surface area contributed by atoms with Crippen molar-refractivity contribution >= 4 is 29.4 Å². The number of rotatable bonds is 6. The highest BCUT2D eigenvalue weighted by Gasteiger charge is 2.16. The van der Waals surface area contributed by atoms with Crippen molar-refractivity contribution in [2.24, 2.45) is 5.10 Å². The predicted molar refractivity (Wildman–Crippen MR) is 96.8 cm³/mol. The van der Waals surface area contributed by atoms with Gasteiger partial charge in [0.05, 0.1) is 16.2 Å². The summed E-state index contributed by atoms with van der Waals surface area (Å²) in [5, 5.41) is 15.1. The van der Waals surface area contributed by atoms with Gasteiger partial charge in [0.2, 0.25) is 0 Å². The third-order valence-electron chi connectivity index (χ3n) is 3.44. The molecule has 1 aliphatic heterocycles. The maximum Gasteiger partial charge on any atom is 0.310 e. The minimum Gasteiger partial charge on any atom is -0.486 e. The maximum atomic E-state index is 11.8. The molecule has 9 nitrogen and oxygen atoms in total. The number of carbonyl (C=O) groups is 1. The number of fused-ring (bicyclic) bond motifs is 1. The van der Waals surface area contributed by atoms with Crippen molar-refractivity contribution < 1.29 is 23.9 Å². The van der Waals surface area contributed by atoms with Crippen LogP contribution in [-0.2, 0) is 4.79 Å². The van der Waals surface area contributed by atoms with E-state index in [1.807, 2.05) is 0 Å². The minimum atomic E-state index is -0.586. The summed E-state index contributed by atoms with van der Waals surface area (Å²) in [6.07, 6.45) is 1.38. The third kappa shape index (κ3) is 4.64. The molecule has 3 rings (SSSR count). The summed E-state index contributed by atoms with van der Waals surface area (Å²) in [7, 11) is 0. The zero-order valence-electron chi connectivity index (χ0n) is 13.9. The number of nitrogens with one attached hydrogen (secondary N) is 1.